The van der Waals surface area contributed by atoms with E-state index in [1.54, 1.807) is 6.20 Å². The number of aromatic nitrogens is 5. The van der Waals surface area contributed by atoms with Gasteiger partial charge in [0.15, 0.2) is 17.5 Å². The molecular formula is C48H29N5O. The minimum absolute atomic E-state index is 0.563. The molecule has 4 heterocycles. The van der Waals surface area contributed by atoms with Gasteiger partial charge in [-0.25, -0.2) is 15.0 Å². The topological polar surface area (TPSA) is 69.6 Å². The second-order valence-electron chi connectivity index (χ2n) is 13.5. The Morgan fingerprint density at radius 2 is 1.06 bits per heavy atom. The zero-order chi connectivity index (χ0) is 35.6. The highest BCUT2D eigenvalue weighted by atomic mass is 16.3. The second-order valence-corrected chi connectivity index (χ2v) is 13.5. The van der Waals surface area contributed by atoms with Gasteiger partial charge in [0, 0.05) is 56.3 Å². The van der Waals surface area contributed by atoms with E-state index >= 15 is 0 Å². The van der Waals surface area contributed by atoms with Crippen molar-refractivity contribution in [2.24, 2.45) is 0 Å². The molecule has 11 rings (SSSR count). The SMILES string of the molecule is c1cc(-c2nc(-c3ccc(-c4cccc5ccccc45)cc3)nc(-c3cccc4oc5ccncc5c34)n2)cc(-n2c3ccccc3c3ccccc32)c1. The fraction of sp³-hybridized carbons (Fsp3) is 0. The molecule has 0 unspecified atom stereocenters. The molecule has 0 spiro atoms. The van der Waals surface area contributed by atoms with Crippen molar-refractivity contribution >= 4 is 54.5 Å². The van der Waals surface area contributed by atoms with Gasteiger partial charge in [-0.3, -0.25) is 4.98 Å². The summed E-state index contributed by atoms with van der Waals surface area (Å²) in [4.78, 5) is 19.9. The Hall–Kier alpha value is -7.44. The highest BCUT2D eigenvalue weighted by Crippen LogP contribution is 2.38. The summed E-state index contributed by atoms with van der Waals surface area (Å²) >= 11 is 0. The van der Waals surface area contributed by atoms with Gasteiger partial charge in [0.25, 0.3) is 0 Å². The van der Waals surface area contributed by atoms with E-state index < -0.39 is 0 Å². The fourth-order valence-electron chi connectivity index (χ4n) is 7.87. The van der Waals surface area contributed by atoms with Gasteiger partial charge in [0.1, 0.15) is 11.2 Å². The predicted molar refractivity (Wildman–Crippen MR) is 218 cm³/mol. The van der Waals surface area contributed by atoms with Crippen molar-refractivity contribution in [3.8, 4) is 51.0 Å². The Kier molecular flexibility index (Phi) is 6.75. The second kappa shape index (κ2) is 12.1. The first-order chi connectivity index (χ1) is 26.8. The lowest BCUT2D eigenvalue weighted by Gasteiger charge is -2.12. The van der Waals surface area contributed by atoms with E-state index in [0.717, 1.165) is 60.9 Å². The highest BCUT2D eigenvalue weighted by molar-refractivity contribution is 6.12. The molecule has 0 saturated heterocycles. The molecule has 0 aliphatic rings. The third-order valence-corrected chi connectivity index (χ3v) is 10.4. The minimum atomic E-state index is 0.563. The third-order valence-electron chi connectivity index (χ3n) is 10.4. The van der Waals surface area contributed by atoms with Crippen LogP contribution in [-0.2, 0) is 0 Å². The van der Waals surface area contributed by atoms with Crippen molar-refractivity contribution in [1.29, 1.82) is 0 Å². The van der Waals surface area contributed by atoms with Crippen LogP contribution in [0.2, 0.25) is 0 Å². The summed E-state index contributed by atoms with van der Waals surface area (Å²) in [6.45, 7) is 0. The van der Waals surface area contributed by atoms with Crippen LogP contribution >= 0.6 is 0 Å². The van der Waals surface area contributed by atoms with E-state index in [1.807, 2.05) is 30.5 Å². The third kappa shape index (κ3) is 4.81. The molecule has 0 aliphatic heterocycles. The summed E-state index contributed by atoms with van der Waals surface area (Å²) in [6, 6.07) is 56.9. The number of fused-ring (bicyclic) bond motifs is 7. The number of benzene rings is 7. The standard InChI is InChI=1S/C48H29N5O/c1-2-14-35-30(10-1)11-8-17-36(35)31-22-24-32(25-23-31)46-50-47(52-48(51-46)39-18-9-21-44-45(39)40-29-49-27-26-43(40)54-44)33-12-7-13-34(28-33)53-41-19-5-3-15-37(41)38-16-4-6-20-42(38)53/h1-29H. The zero-order valence-electron chi connectivity index (χ0n) is 28.9. The summed E-state index contributed by atoms with van der Waals surface area (Å²) in [5.74, 6) is 1.73. The average molecular weight is 692 g/mol. The van der Waals surface area contributed by atoms with Crippen LogP contribution in [0.4, 0.5) is 0 Å². The average Bonchev–Trinajstić information content (AvgIpc) is 3.80. The molecule has 0 amide bonds. The summed E-state index contributed by atoms with van der Waals surface area (Å²) in [6.07, 6.45) is 3.59. The van der Waals surface area contributed by atoms with Crippen molar-refractivity contribution < 1.29 is 4.42 Å². The quantitative estimate of drug-likeness (QED) is 0.180. The van der Waals surface area contributed by atoms with E-state index in [0.29, 0.717) is 17.5 Å². The molecule has 0 bridgehead atoms. The van der Waals surface area contributed by atoms with E-state index in [9.17, 15) is 0 Å². The maximum absolute atomic E-state index is 6.24. The van der Waals surface area contributed by atoms with Crippen LogP contribution in [0, 0.1) is 0 Å². The minimum Gasteiger partial charge on any atom is -0.456 e. The summed E-state index contributed by atoms with van der Waals surface area (Å²) in [7, 11) is 0. The lowest BCUT2D eigenvalue weighted by atomic mass is 9.97. The Bertz CT molecular complexity index is 3170. The Morgan fingerprint density at radius 3 is 1.87 bits per heavy atom. The van der Waals surface area contributed by atoms with Gasteiger partial charge in [-0.1, -0.05) is 127 Å². The highest BCUT2D eigenvalue weighted by Gasteiger charge is 2.19. The maximum Gasteiger partial charge on any atom is 0.164 e. The molecule has 7 aromatic carbocycles. The van der Waals surface area contributed by atoms with Crippen LogP contribution in [0.3, 0.4) is 0 Å². The maximum atomic E-state index is 6.24. The number of para-hydroxylation sites is 2. The number of hydrogen-bond acceptors (Lipinski definition) is 5. The van der Waals surface area contributed by atoms with E-state index in [-0.39, 0.29) is 0 Å². The van der Waals surface area contributed by atoms with Crippen molar-refractivity contribution in [2.45, 2.75) is 0 Å². The van der Waals surface area contributed by atoms with Crippen molar-refractivity contribution in [3.05, 3.63) is 176 Å². The van der Waals surface area contributed by atoms with Gasteiger partial charge in [-0.2, -0.15) is 0 Å². The van der Waals surface area contributed by atoms with Gasteiger partial charge < -0.3 is 8.98 Å². The van der Waals surface area contributed by atoms with Crippen LogP contribution in [-0.4, -0.2) is 24.5 Å². The predicted octanol–water partition coefficient (Wildman–Crippen LogP) is 12.1. The number of rotatable bonds is 5. The first-order valence-electron chi connectivity index (χ1n) is 18.0. The molecule has 0 radical (unpaired) electrons. The van der Waals surface area contributed by atoms with Crippen LogP contribution in [0.25, 0.3) is 105 Å². The van der Waals surface area contributed by atoms with E-state index in [2.05, 4.69) is 149 Å². The normalized spacial score (nSPS) is 11.7. The molecule has 11 aromatic rings. The van der Waals surface area contributed by atoms with Crippen LogP contribution in [0.5, 0.6) is 0 Å². The summed E-state index contributed by atoms with van der Waals surface area (Å²) in [5, 5.41) is 6.70. The number of nitrogens with zero attached hydrogens (tertiary/aromatic N) is 5. The molecule has 4 aromatic heterocycles. The molecule has 0 aliphatic carbocycles. The summed E-state index contributed by atoms with van der Waals surface area (Å²) in [5.41, 5.74) is 9.80. The first kappa shape index (κ1) is 30.2. The number of hydrogen-bond donors (Lipinski definition) is 0. The van der Waals surface area contributed by atoms with Crippen LogP contribution in [0.1, 0.15) is 0 Å². The number of furan rings is 1. The Morgan fingerprint density at radius 1 is 0.426 bits per heavy atom. The molecule has 54 heavy (non-hydrogen) atoms. The van der Waals surface area contributed by atoms with Crippen molar-refractivity contribution in [2.75, 3.05) is 0 Å². The fourth-order valence-corrected chi connectivity index (χ4v) is 7.87. The summed E-state index contributed by atoms with van der Waals surface area (Å²) < 4.78 is 8.56. The molecule has 0 N–H and O–H groups in total. The monoisotopic (exact) mass is 691 g/mol. The van der Waals surface area contributed by atoms with Gasteiger partial charge in [-0.15, -0.1) is 0 Å². The smallest absolute Gasteiger partial charge is 0.164 e. The van der Waals surface area contributed by atoms with Crippen LogP contribution in [0.15, 0.2) is 181 Å². The van der Waals surface area contributed by atoms with Gasteiger partial charge >= 0.3 is 0 Å². The van der Waals surface area contributed by atoms with E-state index in [4.69, 9.17) is 19.4 Å². The zero-order valence-corrected chi connectivity index (χ0v) is 28.9. The molecule has 0 saturated carbocycles. The molecule has 252 valence electrons. The first-order valence-corrected chi connectivity index (χ1v) is 18.0. The Balaban J connectivity index is 1.10. The largest absolute Gasteiger partial charge is 0.456 e. The van der Waals surface area contributed by atoms with Crippen LogP contribution < -0.4 is 0 Å². The molecule has 6 heteroatoms. The van der Waals surface area contributed by atoms with Crippen molar-refractivity contribution in [1.82, 2.24) is 24.5 Å². The molecular weight excluding hydrogens is 663 g/mol. The van der Waals surface area contributed by atoms with Gasteiger partial charge in [-0.05, 0) is 58.3 Å². The molecule has 0 atom stereocenters. The van der Waals surface area contributed by atoms with E-state index in [1.165, 1.54) is 27.1 Å². The van der Waals surface area contributed by atoms with Gasteiger partial charge in [0.2, 0.25) is 0 Å². The van der Waals surface area contributed by atoms with Crippen molar-refractivity contribution in [3.63, 3.8) is 0 Å². The Labute approximate surface area is 309 Å². The number of pyridine rings is 1. The molecule has 6 nitrogen and oxygen atoms in total. The lowest BCUT2D eigenvalue weighted by Crippen LogP contribution is -2.01. The lowest BCUT2D eigenvalue weighted by molar-refractivity contribution is 0.668. The molecule has 0 fully saturated rings. The van der Waals surface area contributed by atoms with Gasteiger partial charge in [0.05, 0.1) is 11.0 Å².